The van der Waals surface area contributed by atoms with Crippen LogP contribution in [-0.2, 0) is 0 Å². The first-order valence-corrected chi connectivity index (χ1v) is 5.86. The molecule has 1 atom stereocenters. The number of likely N-dealkylation sites (N-methyl/N-ethyl adjacent to an activating group) is 1. The summed E-state index contributed by atoms with van der Waals surface area (Å²) < 4.78 is 0. The van der Waals surface area contributed by atoms with Crippen LogP contribution in [0.1, 0.15) is 16.8 Å². The van der Waals surface area contributed by atoms with Gasteiger partial charge in [-0.2, -0.15) is 0 Å². The van der Waals surface area contributed by atoms with Crippen LogP contribution >= 0.6 is 0 Å². The number of pyridine rings is 1. The Kier molecular flexibility index (Phi) is 3.61. The maximum Gasteiger partial charge on any atom is 0.300 e. The normalized spacial score (nSPS) is 19.3. The van der Waals surface area contributed by atoms with Gasteiger partial charge in [0.05, 0.1) is 4.92 Å². The number of nitrogens with zero attached hydrogens (tertiary/aromatic N) is 3. The second kappa shape index (κ2) is 5.19. The maximum absolute atomic E-state index is 12.1. The van der Waals surface area contributed by atoms with Gasteiger partial charge in [-0.15, -0.1) is 0 Å². The number of aromatic nitrogens is 1. The van der Waals surface area contributed by atoms with Crippen LogP contribution in [0.3, 0.4) is 0 Å². The lowest BCUT2D eigenvalue weighted by atomic mass is 10.2. The van der Waals surface area contributed by atoms with Crippen molar-refractivity contribution < 1.29 is 9.72 Å². The summed E-state index contributed by atoms with van der Waals surface area (Å²) in [5, 5.41) is 13.6. The Hall–Kier alpha value is -2.22. The number of carbonyl (C=O) groups excluding carboxylic acids is 1. The summed E-state index contributed by atoms with van der Waals surface area (Å²) in [5.41, 5.74) is 5.09. The van der Waals surface area contributed by atoms with Crippen molar-refractivity contribution in [2.45, 2.75) is 12.5 Å². The summed E-state index contributed by atoms with van der Waals surface area (Å²) in [6, 6.07) is 1.23. The molecular formula is C11H15N5O3. The van der Waals surface area contributed by atoms with Crippen molar-refractivity contribution in [3.8, 4) is 0 Å². The Morgan fingerprint density at radius 1 is 1.68 bits per heavy atom. The van der Waals surface area contributed by atoms with Gasteiger partial charge in [-0.05, 0) is 26.1 Å². The molecule has 1 aliphatic rings. The molecule has 19 heavy (non-hydrogen) atoms. The molecule has 1 aliphatic heterocycles. The van der Waals surface area contributed by atoms with Crippen LogP contribution in [0.4, 0.5) is 11.5 Å². The van der Waals surface area contributed by atoms with Gasteiger partial charge in [-0.25, -0.2) is 4.98 Å². The minimum absolute atomic E-state index is 0.00601. The van der Waals surface area contributed by atoms with E-state index >= 15 is 0 Å². The second-order valence-electron chi connectivity index (χ2n) is 4.60. The van der Waals surface area contributed by atoms with E-state index in [4.69, 9.17) is 5.73 Å². The van der Waals surface area contributed by atoms with Crippen molar-refractivity contribution in [2.75, 3.05) is 25.9 Å². The Morgan fingerprint density at radius 3 is 3.00 bits per heavy atom. The van der Waals surface area contributed by atoms with Crippen LogP contribution in [0.2, 0.25) is 0 Å². The molecule has 1 fully saturated rings. The molecule has 0 aromatic carbocycles. The van der Waals surface area contributed by atoms with Gasteiger partial charge in [-0.3, -0.25) is 14.9 Å². The third-order valence-corrected chi connectivity index (χ3v) is 3.07. The predicted molar refractivity (Wildman–Crippen MR) is 68.7 cm³/mol. The Morgan fingerprint density at radius 2 is 2.42 bits per heavy atom. The van der Waals surface area contributed by atoms with Crippen LogP contribution in [0.15, 0.2) is 12.3 Å². The van der Waals surface area contributed by atoms with Gasteiger partial charge in [0.2, 0.25) is 0 Å². The van der Waals surface area contributed by atoms with Gasteiger partial charge in [0.1, 0.15) is 17.6 Å². The highest BCUT2D eigenvalue weighted by atomic mass is 16.6. The molecule has 1 amide bonds. The second-order valence-corrected chi connectivity index (χ2v) is 4.60. The molecule has 8 heteroatoms. The average Bonchev–Trinajstić information content (AvgIpc) is 2.74. The molecule has 0 bridgehead atoms. The van der Waals surface area contributed by atoms with E-state index in [0.29, 0.717) is 0 Å². The summed E-state index contributed by atoms with van der Waals surface area (Å²) in [6.45, 7) is 1.63. The van der Waals surface area contributed by atoms with Gasteiger partial charge >= 0.3 is 0 Å². The fraction of sp³-hybridized carbons (Fsp3) is 0.455. The van der Waals surface area contributed by atoms with E-state index in [1.165, 1.54) is 6.07 Å². The van der Waals surface area contributed by atoms with E-state index in [9.17, 15) is 14.9 Å². The van der Waals surface area contributed by atoms with E-state index in [1.807, 2.05) is 7.05 Å². The van der Waals surface area contributed by atoms with E-state index in [1.54, 1.807) is 0 Å². The molecule has 1 saturated heterocycles. The van der Waals surface area contributed by atoms with Crippen LogP contribution in [0, 0.1) is 10.1 Å². The van der Waals surface area contributed by atoms with Crippen LogP contribution in [-0.4, -0.2) is 46.9 Å². The van der Waals surface area contributed by atoms with E-state index in [-0.39, 0.29) is 23.1 Å². The zero-order chi connectivity index (χ0) is 14.0. The number of amides is 1. The van der Waals surface area contributed by atoms with Gasteiger partial charge in [0.25, 0.3) is 11.6 Å². The SMILES string of the molecule is CN1CCC(NC(=O)c2cc(N)ncc2[N+](=O)[O-])C1. The van der Waals surface area contributed by atoms with Crippen molar-refractivity contribution in [2.24, 2.45) is 0 Å². The van der Waals surface area contributed by atoms with Gasteiger partial charge in [0, 0.05) is 12.6 Å². The molecule has 3 N–H and O–H groups in total. The van der Waals surface area contributed by atoms with Crippen LogP contribution in [0.25, 0.3) is 0 Å². The van der Waals surface area contributed by atoms with E-state index in [0.717, 1.165) is 25.7 Å². The quantitative estimate of drug-likeness (QED) is 0.587. The third-order valence-electron chi connectivity index (χ3n) is 3.07. The molecule has 8 nitrogen and oxygen atoms in total. The zero-order valence-electron chi connectivity index (χ0n) is 10.5. The van der Waals surface area contributed by atoms with Crippen molar-refractivity contribution in [3.63, 3.8) is 0 Å². The van der Waals surface area contributed by atoms with Crippen LogP contribution < -0.4 is 11.1 Å². The number of anilines is 1. The lowest BCUT2D eigenvalue weighted by Crippen LogP contribution is -2.36. The summed E-state index contributed by atoms with van der Waals surface area (Å²) in [6.07, 6.45) is 1.83. The highest BCUT2D eigenvalue weighted by Gasteiger charge is 2.26. The predicted octanol–water partition coefficient (Wildman–Crippen LogP) is 0.00590. The number of nitro groups is 1. The Balaban J connectivity index is 2.18. The monoisotopic (exact) mass is 265 g/mol. The Labute approximate surface area is 109 Å². The zero-order valence-corrected chi connectivity index (χ0v) is 10.5. The molecule has 0 radical (unpaired) electrons. The number of hydrogen-bond donors (Lipinski definition) is 2. The molecule has 1 unspecified atom stereocenters. The number of carbonyl (C=O) groups is 1. The highest BCUT2D eigenvalue weighted by molar-refractivity contribution is 5.98. The lowest BCUT2D eigenvalue weighted by molar-refractivity contribution is -0.385. The van der Waals surface area contributed by atoms with Crippen molar-refractivity contribution in [1.29, 1.82) is 0 Å². The smallest absolute Gasteiger partial charge is 0.300 e. The summed E-state index contributed by atoms with van der Waals surface area (Å²) in [4.78, 5) is 28.0. The minimum Gasteiger partial charge on any atom is -0.384 e. The molecule has 0 spiro atoms. The number of nitrogens with two attached hydrogens (primary N) is 1. The molecule has 102 valence electrons. The number of hydrogen-bond acceptors (Lipinski definition) is 6. The number of likely N-dealkylation sites (tertiary alicyclic amines) is 1. The highest BCUT2D eigenvalue weighted by Crippen LogP contribution is 2.19. The summed E-state index contributed by atoms with van der Waals surface area (Å²) in [7, 11) is 1.96. The van der Waals surface area contributed by atoms with Gasteiger partial charge in [0.15, 0.2) is 0 Å². The number of nitrogens with one attached hydrogen (secondary N) is 1. The fourth-order valence-corrected chi connectivity index (χ4v) is 2.11. The molecule has 1 aromatic heterocycles. The fourth-order valence-electron chi connectivity index (χ4n) is 2.11. The molecule has 0 saturated carbocycles. The molecule has 2 heterocycles. The van der Waals surface area contributed by atoms with Crippen LogP contribution in [0.5, 0.6) is 0 Å². The molecular weight excluding hydrogens is 250 g/mol. The molecule has 0 aliphatic carbocycles. The van der Waals surface area contributed by atoms with Gasteiger partial charge < -0.3 is 16.0 Å². The first kappa shape index (κ1) is 13.2. The Bertz CT molecular complexity index is 519. The first-order chi connectivity index (χ1) is 8.97. The largest absolute Gasteiger partial charge is 0.384 e. The van der Waals surface area contributed by atoms with Crippen molar-refractivity contribution in [3.05, 3.63) is 27.9 Å². The molecule has 1 aromatic rings. The van der Waals surface area contributed by atoms with Gasteiger partial charge in [-0.1, -0.05) is 0 Å². The summed E-state index contributed by atoms with van der Waals surface area (Å²) in [5.74, 6) is -0.402. The van der Waals surface area contributed by atoms with E-state index < -0.39 is 10.8 Å². The van der Waals surface area contributed by atoms with Crippen molar-refractivity contribution in [1.82, 2.24) is 15.2 Å². The first-order valence-electron chi connectivity index (χ1n) is 5.86. The maximum atomic E-state index is 12.1. The van der Waals surface area contributed by atoms with Crippen molar-refractivity contribution >= 4 is 17.4 Å². The number of nitrogen functional groups attached to an aromatic ring is 1. The standard InChI is InChI=1S/C11H15N5O3/c1-15-3-2-7(6-15)14-11(17)8-4-10(12)13-5-9(8)16(18)19/h4-5,7H,2-3,6H2,1H3,(H2,12,13)(H,14,17). The summed E-state index contributed by atoms with van der Waals surface area (Å²) >= 11 is 0. The van der Waals surface area contributed by atoms with E-state index in [2.05, 4.69) is 15.2 Å². The topological polar surface area (TPSA) is 114 Å². The average molecular weight is 265 g/mol. The number of rotatable bonds is 3. The minimum atomic E-state index is -0.637. The molecule has 2 rings (SSSR count). The third kappa shape index (κ3) is 2.97. The lowest BCUT2D eigenvalue weighted by Gasteiger charge is -2.13.